The zero-order valence-electron chi connectivity index (χ0n) is 15.6. The molecule has 2 aromatic carbocycles. The number of phenolic OH excluding ortho intramolecular Hbond substituents is 1. The summed E-state index contributed by atoms with van der Waals surface area (Å²) in [5, 5.41) is 9.42. The second kappa shape index (κ2) is 7.35. The van der Waals surface area contributed by atoms with Gasteiger partial charge in [0.25, 0.3) is 5.56 Å². The Morgan fingerprint density at radius 1 is 1.07 bits per heavy atom. The minimum Gasteiger partial charge on any atom is -0.508 e. The molecule has 4 rings (SSSR count). The lowest BCUT2D eigenvalue weighted by atomic mass is 9.87. The van der Waals surface area contributed by atoms with E-state index in [1.807, 2.05) is 49.4 Å². The predicted molar refractivity (Wildman–Crippen MR) is 106 cm³/mol. The first-order chi connectivity index (χ1) is 13.5. The van der Waals surface area contributed by atoms with Crippen LogP contribution in [0.25, 0.3) is 0 Å². The number of esters is 1. The van der Waals surface area contributed by atoms with Crippen molar-refractivity contribution >= 4 is 5.97 Å². The Hall–Kier alpha value is -3.34. The topological polar surface area (TPSA) is 68.5 Å². The quantitative estimate of drug-likeness (QED) is 0.708. The number of carbonyl (C=O) groups is 1. The zero-order valence-corrected chi connectivity index (χ0v) is 15.6. The van der Waals surface area contributed by atoms with Gasteiger partial charge in [-0.15, -0.1) is 0 Å². The molecule has 0 aliphatic carbocycles. The average molecular weight is 375 g/mol. The molecule has 142 valence electrons. The third kappa shape index (κ3) is 3.43. The summed E-state index contributed by atoms with van der Waals surface area (Å²) in [6, 6.07) is 18.4. The molecule has 2 heterocycles. The zero-order chi connectivity index (χ0) is 19.7. The van der Waals surface area contributed by atoms with E-state index in [4.69, 9.17) is 4.74 Å². The number of rotatable bonds is 4. The first-order valence-corrected chi connectivity index (χ1v) is 9.31. The maximum absolute atomic E-state index is 13.3. The molecule has 0 radical (unpaired) electrons. The fourth-order valence-corrected chi connectivity index (χ4v) is 3.75. The smallest absolute Gasteiger partial charge is 0.312 e. The molecule has 1 N–H and O–H groups in total. The second-order valence-electron chi connectivity index (χ2n) is 7.08. The minimum atomic E-state index is -0.318. The summed E-state index contributed by atoms with van der Waals surface area (Å²) in [6.07, 6.45) is 0.822. The van der Waals surface area contributed by atoms with Crippen LogP contribution in [0.5, 0.6) is 11.5 Å². The Labute approximate surface area is 162 Å². The summed E-state index contributed by atoms with van der Waals surface area (Å²) >= 11 is 0. The molecule has 0 bridgehead atoms. The Kier molecular flexibility index (Phi) is 4.74. The Balaban J connectivity index is 1.73. The van der Waals surface area contributed by atoms with Crippen molar-refractivity contribution in [2.24, 2.45) is 0 Å². The van der Waals surface area contributed by atoms with Crippen molar-refractivity contribution in [2.45, 2.75) is 32.2 Å². The van der Waals surface area contributed by atoms with E-state index in [9.17, 15) is 14.7 Å². The van der Waals surface area contributed by atoms with E-state index in [1.165, 1.54) is 0 Å². The molecule has 1 aromatic heterocycles. The molecule has 5 nitrogen and oxygen atoms in total. The summed E-state index contributed by atoms with van der Waals surface area (Å²) in [4.78, 5) is 25.4. The first kappa shape index (κ1) is 18.0. The summed E-state index contributed by atoms with van der Waals surface area (Å²) in [6.45, 7) is 2.36. The molecule has 28 heavy (non-hydrogen) atoms. The molecule has 0 saturated heterocycles. The largest absolute Gasteiger partial charge is 0.508 e. The number of hydrogen-bond donors (Lipinski definition) is 1. The summed E-state index contributed by atoms with van der Waals surface area (Å²) in [5.74, 6) is -0.0284. The van der Waals surface area contributed by atoms with Gasteiger partial charge in [-0.3, -0.25) is 9.59 Å². The highest BCUT2D eigenvalue weighted by Gasteiger charge is 2.32. The van der Waals surface area contributed by atoms with Crippen LogP contribution in [0.15, 0.2) is 65.5 Å². The highest BCUT2D eigenvalue weighted by molar-refractivity contribution is 5.77. The SMILES string of the molecule is Cc1cc2c(c(=O)n1CCc1ccc(O)cc1)C(c1ccccc1)CC(=O)O2. The van der Waals surface area contributed by atoms with E-state index in [-0.39, 0.29) is 29.6 Å². The van der Waals surface area contributed by atoms with Gasteiger partial charge in [-0.25, -0.2) is 0 Å². The Bertz CT molecular complexity index is 1070. The van der Waals surface area contributed by atoms with Gasteiger partial charge in [0.1, 0.15) is 11.5 Å². The van der Waals surface area contributed by atoms with E-state index in [0.717, 1.165) is 16.8 Å². The molecule has 0 amide bonds. The highest BCUT2D eigenvalue weighted by atomic mass is 16.5. The summed E-state index contributed by atoms with van der Waals surface area (Å²) < 4.78 is 7.13. The third-order valence-electron chi connectivity index (χ3n) is 5.21. The molecule has 0 fully saturated rings. The number of hydrogen-bond acceptors (Lipinski definition) is 4. The number of carbonyl (C=O) groups excluding carboxylic acids is 1. The van der Waals surface area contributed by atoms with E-state index in [0.29, 0.717) is 24.3 Å². The molecule has 1 atom stereocenters. The second-order valence-corrected chi connectivity index (χ2v) is 7.08. The van der Waals surface area contributed by atoms with Crippen LogP contribution in [0.3, 0.4) is 0 Å². The van der Waals surface area contributed by atoms with Gasteiger partial charge in [-0.05, 0) is 36.6 Å². The van der Waals surface area contributed by atoms with Gasteiger partial charge in [-0.1, -0.05) is 42.5 Å². The van der Waals surface area contributed by atoms with Gasteiger partial charge in [0, 0.05) is 24.2 Å². The molecule has 3 aromatic rings. The van der Waals surface area contributed by atoms with E-state index >= 15 is 0 Å². The Morgan fingerprint density at radius 3 is 2.50 bits per heavy atom. The van der Waals surface area contributed by atoms with Crippen molar-refractivity contribution in [1.29, 1.82) is 0 Å². The van der Waals surface area contributed by atoms with Gasteiger partial charge in [0.15, 0.2) is 0 Å². The van der Waals surface area contributed by atoms with Crippen molar-refractivity contribution < 1.29 is 14.6 Å². The third-order valence-corrected chi connectivity index (χ3v) is 5.21. The van der Waals surface area contributed by atoms with Crippen LogP contribution in [0, 0.1) is 6.92 Å². The predicted octanol–water partition coefficient (Wildman–Crippen LogP) is 3.55. The first-order valence-electron chi connectivity index (χ1n) is 9.31. The van der Waals surface area contributed by atoms with Crippen LogP contribution in [0.2, 0.25) is 0 Å². The van der Waals surface area contributed by atoms with Gasteiger partial charge < -0.3 is 14.4 Å². The maximum atomic E-state index is 13.3. The van der Waals surface area contributed by atoms with Gasteiger partial charge >= 0.3 is 5.97 Å². The molecule has 1 aliphatic rings. The van der Waals surface area contributed by atoms with E-state index in [2.05, 4.69) is 0 Å². The molecule has 1 unspecified atom stereocenters. The number of benzene rings is 2. The summed E-state index contributed by atoms with van der Waals surface area (Å²) in [7, 11) is 0. The number of fused-ring (bicyclic) bond motifs is 1. The number of aryl methyl sites for hydroxylation is 2. The maximum Gasteiger partial charge on any atom is 0.312 e. The fourth-order valence-electron chi connectivity index (χ4n) is 3.75. The van der Waals surface area contributed by atoms with Crippen LogP contribution < -0.4 is 10.3 Å². The average Bonchev–Trinajstić information content (AvgIpc) is 2.69. The lowest BCUT2D eigenvalue weighted by Crippen LogP contribution is -2.33. The minimum absolute atomic E-state index is 0.116. The van der Waals surface area contributed by atoms with Crippen LogP contribution in [0.1, 0.15) is 34.7 Å². The van der Waals surface area contributed by atoms with Crippen LogP contribution in [-0.4, -0.2) is 15.6 Å². The van der Waals surface area contributed by atoms with Gasteiger partial charge in [0.05, 0.1) is 12.0 Å². The number of aromatic nitrogens is 1. The number of aromatic hydroxyl groups is 1. The lowest BCUT2D eigenvalue weighted by Gasteiger charge is -2.26. The van der Waals surface area contributed by atoms with Crippen molar-refractivity contribution in [2.75, 3.05) is 0 Å². The molecule has 1 aliphatic heterocycles. The van der Waals surface area contributed by atoms with Gasteiger partial charge in [-0.2, -0.15) is 0 Å². The highest BCUT2D eigenvalue weighted by Crippen LogP contribution is 2.36. The monoisotopic (exact) mass is 375 g/mol. The van der Waals surface area contributed by atoms with Crippen molar-refractivity contribution in [1.82, 2.24) is 4.57 Å². The summed E-state index contributed by atoms with van der Waals surface area (Å²) in [5.41, 5.74) is 3.15. The fraction of sp³-hybridized carbons (Fsp3) is 0.217. The molecular formula is C23H21NO4. The van der Waals surface area contributed by atoms with Crippen LogP contribution >= 0.6 is 0 Å². The van der Waals surface area contributed by atoms with Crippen LogP contribution in [-0.2, 0) is 17.8 Å². The molecule has 5 heteroatoms. The van der Waals surface area contributed by atoms with Gasteiger partial charge in [0.2, 0.25) is 0 Å². The number of phenols is 1. The van der Waals surface area contributed by atoms with E-state index in [1.54, 1.807) is 22.8 Å². The number of pyridine rings is 1. The molecule has 0 saturated carbocycles. The lowest BCUT2D eigenvalue weighted by molar-refractivity contribution is -0.135. The molecular weight excluding hydrogens is 354 g/mol. The Morgan fingerprint density at radius 2 is 1.79 bits per heavy atom. The number of ether oxygens (including phenoxy) is 1. The normalized spacial score (nSPS) is 15.8. The van der Waals surface area contributed by atoms with Crippen molar-refractivity contribution in [3.05, 3.63) is 93.4 Å². The van der Waals surface area contributed by atoms with E-state index < -0.39 is 0 Å². The van der Waals surface area contributed by atoms with Crippen molar-refractivity contribution in [3.8, 4) is 11.5 Å². The standard InChI is InChI=1S/C23H21NO4/c1-15-13-20-22(19(14-21(26)28-20)17-5-3-2-4-6-17)23(27)24(15)12-11-16-7-9-18(25)10-8-16/h2-10,13,19,25H,11-12,14H2,1H3. The van der Waals surface area contributed by atoms with Crippen molar-refractivity contribution in [3.63, 3.8) is 0 Å². The molecule has 0 spiro atoms. The van der Waals surface area contributed by atoms with Crippen LogP contribution in [0.4, 0.5) is 0 Å². The number of nitrogens with zero attached hydrogens (tertiary/aromatic N) is 1.